The smallest absolute Gasteiger partial charge is 0.149 e. The van der Waals surface area contributed by atoms with E-state index in [1.807, 2.05) is 19.4 Å². The number of pyridine rings is 1. The molecule has 0 unspecified atom stereocenters. The molecule has 2 aromatic rings. The van der Waals surface area contributed by atoms with Gasteiger partial charge in [0.2, 0.25) is 0 Å². The van der Waals surface area contributed by atoms with Crippen molar-refractivity contribution < 1.29 is 4.39 Å². The van der Waals surface area contributed by atoms with E-state index in [2.05, 4.69) is 14.8 Å². The second kappa shape index (κ2) is 5.74. The highest BCUT2D eigenvalue weighted by molar-refractivity contribution is 6.30. The number of rotatable bonds is 3. The van der Waals surface area contributed by atoms with Crippen LogP contribution in [0.5, 0.6) is 0 Å². The Balaban J connectivity index is 1.81. The Morgan fingerprint density at radius 3 is 2.81 bits per heavy atom. The summed E-state index contributed by atoms with van der Waals surface area (Å²) in [6.07, 6.45) is 5.69. The minimum atomic E-state index is -0.328. The zero-order chi connectivity index (χ0) is 14.8. The fourth-order valence-corrected chi connectivity index (χ4v) is 2.53. The Kier molecular flexibility index (Phi) is 3.80. The molecule has 3 nitrogen and oxygen atoms in total. The predicted octanol–water partition coefficient (Wildman–Crippen LogP) is 3.72. The van der Waals surface area contributed by atoms with Gasteiger partial charge in [0.05, 0.1) is 6.67 Å². The van der Waals surface area contributed by atoms with Crippen LogP contribution in [0.2, 0.25) is 5.02 Å². The first kappa shape index (κ1) is 13.9. The first-order chi connectivity index (χ1) is 10.1. The van der Waals surface area contributed by atoms with Crippen LogP contribution in [0.1, 0.15) is 5.56 Å². The van der Waals surface area contributed by atoms with E-state index >= 15 is 0 Å². The van der Waals surface area contributed by atoms with E-state index in [1.165, 1.54) is 6.07 Å². The van der Waals surface area contributed by atoms with Crippen molar-refractivity contribution in [3.05, 3.63) is 65.3 Å². The highest BCUT2D eigenvalue weighted by Crippen LogP contribution is 2.24. The van der Waals surface area contributed by atoms with Gasteiger partial charge in [-0.2, -0.15) is 0 Å². The number of aromatic nitrogens is 1. The van der Waals surface area contributed by atoms with Gasteiger partial charge in [-0.15, -0.1) is 0 Å². The molecule has 2 heterocycles. The molecule has 0 aliphatic carbocycles. The van der Waals surface area contributed by atoms with Crippen LogP contribution in [-0.4, -0.2) is 28.5 Å². The molecule has 0 radical (unpaired) electrons. The minimum Gasteiger partial charge on any atom is -0.362 e. The van der Waals surface area contributed by atoms with Crippen LogP contribution in [0.4, 0.5) is 4.39 Å². The van der Waals surface area contributed by atoms with Gasteiger partial charge in [0, 0.05) is 42.8 Å². The fourth-order valence-electron chi connectivity index (χ4n) is 2.34. The van der Waals surface area contributed by atoms with Crippen molar-refractivity contribution in [2.24, 2.45) is 0 Å². The van der Waals surface area contributed by atoms with Crippen LogP contribution in [0, 0.1) is 5.82 Å². The quantitative estimate of drug-likeness (QED) is 0.861. The monoisotopic (exact) mass is 303 g/mol. The summed E-state index contributed by atoms with van der Waals surface area (Å²) < 4.78 is 14.3. The average Bonchev–Trinajstić information content (AvgIpc) is 2.84. The topological polar surface area (TPSA) is 19.4 Å². The third-order valence-corrected chi connectivity index (χ3v) is 3.55. The van der Waals surface area contributed by atoms with Crippen LogP contribution in [0.15, 0.2) is 48.9 Å². The Labute approximate surface area is 128 Å². The van der Waals surface area contributed by atoms with Crippen molar-refractivity contribution in [2.75, 3.05) is 13.7 Å². The number of nitrogens with zero attached hydrogens (tertiary/aromatic N) is 3. The summed E-state index contributed by atoms with van der Waals surface area (Å²) in [4.78, 5) is 8.41. The van der Waals surface area contributed by atoms with Gasteiger partial charge in [-0.05, 0) is 23.8 Å². The maximum Gasteiger partial charge on any atom is 0.149 e. The molecule has 0 N–H and O–H groups in total. The van der Waals surface area contributed by atoms with Gasteiger partial charge in [-0.1, -0.05) is 23.7 Å². The zero-order valence-corrected chi connectivity index (χ0v) is 12.4. The molecule has 0 saturated carbocycles. The lowest BCUT2D eigenvalue weighted by atomic mass is 10.1. The minimum absolute atomic E-state index is 0.328. The van der Waals surface area contributed by atoms with Crippen molar-refractivity contribution in [3.8, 4) is 11.3 Å². The fraction of sp³-hybridized carbons (Fsp3) is 0.188. The maximum atomic E-state index is 14.3. The lowest BCUT2D eigenvalue weighted by molar-refractivity contribution is 0.290. The summed E-state index contributed by atoms with van der Waals surface area (Å²) in [6.45, 7) is 1.44. The summed E-state index contributed by atoms with van der Waals surface area (Å²) in [6, 6.07) is 8.60. The summed E-state index contributed by atoms with van der Waals surface area (Å²) in [5, 5.41) is 0.572. The van der Waals surface area contributed by atoms with Gasteiger partial charge in [0.1, 0.15) is 11.5 Å². The molecular formula is C16H15ClFN3. The van der Waals surface area contributed by atoms with E-state index in [0.29, 0.717) is 22.8 Å². The molecule has 21 heavy (non-hydrogen) atoms. The molecule has 1 aromatic heterocycles. The van der Waals surface area contributed by atoms with Crippen LogP contribution in [0.25, 0.3) is 11.3 Å². The number of hydrogen-bond donors (Lipinski definition) is 0. The molecule has 1 aliphatic heterocycles. The van der Waals surface area contributed by atoms with Gasteiger partial charge < -0.3 is 9.80 Å². The van der Waals surface area contributed by atoms with E-state index < -0.39 is 0 Å². The van der Waals surface area contributed by atoms with E-state index in [-0.39, 0.29) is 5.82 Å². The molecule has 3 rings (SSSR count). The second-order valence-corrected chi connectivity index (χ2v) is 5.56. The lowest BCUT2D eigenvalue weighted by Crippen LogP contribution is -2.22. The highest BCUT2D eigenvalue weighted by atomic mass is 35.5. The van der Waals surface area contributed by atoms with Crippen molar-refractivity contribution in [1.29, 1.82) is 0 Å². The predicted molar refractivity (Wildman–Crippen MR) is 82.0 cm³/mol. The van der Waals surface area contributed by atoms with Gasteiger partial charge >= 0.3 is 0 Å². The van der Waals surface area contributed by atoms with Crippen molar-refractivity contribution in [1.82, 2.24) is 14.8 Å². The van der Waals surface area contributed by atoms with E-state index in [1.54, 1.807) is 30.5 Å². The standard InChI is InChI=1S/C16H15ClFN3/c1-20-5-6-21(11-20)10-12-7-15(18)16(19-9-12)13-3-2-4-14(17)8-13/h2-9H,10-11H2,1H3. The summed E-state index contributed by atoms with van der Waals surface area (Å²) in [7, 11) is 2.00. The lowest BCUT2D eigenvalue weighted by Gasteiger charge is -2.18. The molecule has 0 fully saturated rings. The summed E-state index contributed by atoms with van der Waals surface area (Å²) >= 11 is 5.94. The van der Waals surface area contributed by atoms with Gasteiger partial charge in [0.25, 0.3) is 0 Å². The van der Waals surface area contributed by atoms with Gasteiger partial charge in [-0.25, -0.2) is 4.39 Å². The van der Waals surface area contributed by atoms with E-state index in [0.717, 1.165) is 12.2 Å². The van der Waals surface area contributed by atoms with Crippen molar-refractivity contribution in [3.63, 3.8) is 0 Å². The number of benzene rings is 1. The first-order valence-corrected chi connectivity index (χ1v) is 7.02. The van der Waals surface area contributed by atoms with Crippen LogP contribution < -0.4 is 0 Å². The molecule has 0 amide bonds. The largest absolute Gasteiger partial charge is 0.362 e. The molecule has 1 aromatic carbocycles. The van der Waals surface area contributed by atoms with Crippen molar-refractivity contribution in [2.45, 2.75) is 6.54 Å². The maximum absolute atomic E-state index is 14.3. The Bertz CT molecular complexity index is 687. The third kappa shape index (κ3) is 3.16. The molecule has 108 valence electrons. The van der Waals surface area contributed by atoms with Crippen LogP contribution in [0.3, 0.4) is 0 Å². The summed E-state index contributed by atoms with van der Waals surface area (Å²) in [5.74, 6) is -0.328. The molecule has 1 aliphatic rings. The molecule has 0 spiro atoms. The second-order valence-electron chi connectivity index (χ2n) is 5.13. The van der Waals surface area contributed by atoms with Crippen LogP contribution in [-0.2, 0) is 6.54 Å². The Morgan fingerprint density at radius 1 is 1.29 bits per heavy atom. The highest BCUT2D eigenvalue weighted by Gasteiger charge is 2.12. The number of hydrogen-bond acceptors (Lipinski definition) is 3. The van der Waals surface area contributed by atoms with Gasteiger partial charge in [-0.3, -0.25) is 4.98 Å². The summed E-state index contributed by atoms with van der Waals surface area (Å²) in [5.41, 5.74) is 1.86. The Morgan fingerprint density at radius 2 is 2.14 bits per heavy atom. The van der Waals surface area contributed by atoms with E-state index in [9.17, 15) is 4.39 Å². The molecular weight excluding hydrogens is 289 g/mol. The Hall–Kier alpha value is -2.07. The van der Waals surface area contributed by atoms with Gasteiger partial charge in [0.15, 0.2) is 0 Å². The average molecular weight is 304 g/mol. The third-order valence-electron chi connectivity index (χ3n) is 3.32. The molecule has 0 atom stereocenters. The molecule has 0 bridgehead atoms. The van der Waals surface area contributed by atoms with Crippen molar-refractivity contribution >= 4 is 11.6 Å². The number of halogens is 2. The molecule has 5 heteroatoms. The van der Waals surface area contributed by atoms with E-state index in [4.69, 9.17) is 11.6 Å². The van der Waals surface area contributed by atoms with Crippen LogP contribution >= 0.6 is 11.6 Å². The normalized spacial score (nSPS) is 14.0. The molecule has 0 saturated heterocycles. The SMILES string of the molecule is CN1C=CN(Cc2cnc(-c3cccc(Cl)c3)c(F)c2)C1. The zero-order valence-electron chi connectivity index (χ0n) is 11.6. The first-order valence-electron chi connectivity index (χ1n) is 6.65.